The van der Waals surface area contributed by atoms with Crippen molar-refractivity contribution < 1.29 is 0 Å². The summed E-state index contributed by atoms with van der Waals surface area (Å²) in [6.07, 6.45) is 8.57. The predicted molar refractivity (Wildman–Crippen MR) is 77.6 cm³/mol. The molecule has 2 fully saturated rings. The molecule has 0 radical (unpaired) electrons. The molecule has 2 N–H and O–H groups in total. The minimum Gasteiger partial charge on any atom is -0.354 e. The Kier molecular flexibility index (Phi) is 3.03. The second kappa shape index (κ2) is 5.01. The van der Waals surface area contributed by atoms with E-state index < -0.39 is 0 Å². The smallest absolute Gasteiger partial charge is 0.182 e. The Morgan fingerprint density at radius 1 is 1.25 bits per heavy atom. The van der Waals surface area contributed by atoms with E-state index in [1.165, 1.54) is 25.7 Å². The lowest BCUT2D eigenvalue weighted by molar-refractivity contribution is 0.390. The topological polar surface area (TPSA) is 69.7 Å². The van der Waals surface area contributed by atoms with Gasteiger partial charge in [-0.1, -0.05) is 0 Å². The number of aromatic amines is 1. The molecular weight excluding hydrogens is 252 g/mol. The standard InChI is InChI=1S/C14H20N6/c1-2-10(6-15-11-3-4-11)7-20(5-1)14-12-13(17-8-16-12)18-9-19-14/h8-11,15H,1-7H2,(H,16,17,18,19). The van der Waals surface area contributed by atoms with Crippen molar-refractivity contribution in [1.29, 1.82) is 0 Å². The van der Waals surface area contributed by atoms with E-state index in [1.807, 2.05) is 0 Å². The summed E-state index contributed by atoms with van der Waals surface area (Å²) in [4.78, 5) is 18.4. The predicted octanol–water partition coefficient (Wildman–Crippen LogP) is 1.32. The highest BCUT2D eigenvalue weighted by Crippen LogP contribution is 2.26. The molecule has 20 heavy (non-hydrogen) atoms. The molecule has 6 nitrogen and oxygen atoms in total. The van der Waals surface area contributed by atoms with E-state index in [0.29, 0.717) is 0 Å². The molecule has 0 spiro atoms. The summed E-state index contributed by atoms with van der Waals surface area (Å²) in [5.74, 6) is 1.72. The van der Waals surface area contributed by atoms with Crippen LogP contribution in [0.4, 0.5) is 5.82 Å². The van der Waals surface area contributed by atoms with E-state index in [4.69, 9.17) is 0 Å². The maximum absolute atomic E-state index is 4.47. The van der Waals surface area contributed by atoms with Gasteiger partial charge in [-0.2, -0.15) is 0 Å². The number of anilines is 1. The molecule has 3 heterocycles. The molecular formula is C14H20N6. The summed E-state index contributed by atoms with van der Waals surface area (Å²) < 4.78 is 0. The van der Waals surface area contributed by atoms with Gasteiger partial charge < -0.3 is 15.2 Å². The highest BCUT2D eigenvalue weighted by molar-refractivity contribution is 5.82. The van der Waals surface area contributed by atoms with Crippen LogP contribution in [0.25, 0.3) is 11.2 Å². The molecule has 2 aliphatic rings. The molecule has 1 unspecified atom stereocenters. The van der Waals surface area contributed by atoms with Crippen LogP contribution in [0.3, 0.4) is 0 Å². The fourth-order valence-corrected chi connectivity index (χ4v) is 3.04. The molecule has 106 valence electrons. The second-order valence-electron chi connectivity index (χ2n) is 5.94. The van der Waals surface area contributed by atoms with Crippen molar-refractivity contribution in [2.24, 2.45) is 5.92 Å². The number of fused-ring (bicyclic) bond motifs is 1. The van der Waals surface area contributed by atoms with Crippen LogP contribution in [-0.2, 0) is 0 Å². The lowest BCUT2D eigenvalue weighted by Gasteiger charge is -2.33. The molecule has 0 bridgehead atoms. The molecule has 0 aromatic carbocycles. The van der Waals surface area contributed by atoms with Gasteiger partial charge in [-0.05, 0) is 38.1 Å². The van der Waals surface area contributed by atoms with Gasteiger partial charge in [0.2, 0.25) is 0 Å². The molecule has 2 aromatic heterocycles. The Hall–Kier alpha value is -1.69. The van der Waals surface area contributed by atoms with Gasteiger partial charge in [0, 0.05) is 19.1 Å². The number of rotatable bonds is 4. The van der Waals surface area contributed by atoms with Crippen LogP contribution >= 0.6 is 0 Å². The number of imidazole rings is 1. The number of nitrogens with one attached hydrogen (secondary N) is 2. The number of H-pyrrole nitrogens is 1. The Balaban J connectivity index is 1.50. The maximum atomic E-state index is 4.47. The van der Waals surface area contributed by atoms with Crippen LogP contribution in [0.2, 0.25) is 0 Å². The van der Waals surface area contributed by atoms with Crippen LogP contribution in [0.1, 0.15) is 25.7 Å². The van der Waals surface area contributed by atoms with Gasteiger partial charge in [0.15, 0.2) is 11.5 Å². The molecule has 0 amide bonds. The van der Waals surface area contributed by atoms with Crippen molar-refractivity contribution in [3.8, 4) is 0 Å². The summed E-state index contributed by atoms with van der Waals surface area (Å²) in [6, 6.07) is 0.795. The van der Waals surface area contributed by atoms with Crippen molar-refractivity contribution in [3.63, 3.8) is 0 Å². The van der Waals surface area contributed by atoms with Gasteiger partial charge in [0.05, 0.1) is 6.33 Å². The molecule has 4 rings (SSSR count). The quantitative estimate of drug-likeness (QED) is 0.878. The average molecular weight is 272 g/mol. The van der Waals surface area contributed by atoms with E-state index in [9.17, 15) is 0 Å². The zero-order chi connectivity index (χ0) is 13.4. The molecule has 1 aliphatic carbocycles. The van der Waals surface area contributed by atoms with Crippen molar-refractivity contribution >= 4 is 17.0 Å². The van der Waals surface area contributed by atoms with E-state index >= 15 is 0 Å². The largest absolute Gasteiger partial charge is 0.354 e. The van der Waals surface area contributed by atoms with Gasteiger partial charge in [0.25, 0.3) is 0 Å². The first kappa shape index (κ1) is 12.1. The van der Waals surface area contributed by atoms with Gasteiger partial charge in [-0.3, -0.25) is 0 Å². The van der Waals surface area contributed by atoms with Gasteiger partial charge in [-0.15, -0.1) is 0 Å². The Bertz CT molecular complexity index is 590. The average Bonchev–Trinajstić information content (AvgIpc) is 3.20. The SMILES string of the molecule is c1nc(N2CCCC(CNC3CC3)C2)c2[nH]cnc2n1. The zero-order valence-corrected chi connectivity index (χ0v) is 11.5. The Morgan fingerprint density at radius 2 is 2.20 bits per heavy atom. The van der Waals surface area contributed by atoms with Crippen LogP contribution in [0.5, 0.6) is 0 Å². The fraction of sp³-hybridized carbons (Fsp3) is 0.643. The first-order chi connectivity index (χ1) is 9.90. The third-order valence-corrected chi connectivity index (χ3v) is 4.29. The van der Waals surface area contributed by atoms with E-state index in [1.54, 1.807) is 12.7 Å². The lowest BCUT2D eigenvalue weighted by Crippen LogP contribution is -2.40. The first-order valence-corrected chi connectivity index (χ1v) is 7.52. The number of hydrogen-bond donors (Lipinski definition) is 2. The summed E-state index contributed by atoms with van der Waals surface area (Å²) in [5.41, 5.74) is 1.72. The van der Waals surface area contributed by atoms with Gasteiger partial charge >= 0.3 is 0 Å². The zero-order valence-electron chi connectivity index (χ0n) is 11.5. The summed E-state index contributed by atoms with van der Waals surface area (Å²) >= 11 is 0. The first-order valence-electron chi connectivity index (χ1n) is 7.52. The number of hydrogen-bond acceptors (Lipinski definition) is 5. The Labute approximate surface area is 118 Å². The van der Waals surface area contributed by atoms with Crippen LogP contribution in [-0.4, -0.2) is 45.6 Å². The van der Waals surface area contributed by atoms with Crippen molar-refractivity contribution in [3.05, 3.63) is 12.7 Å². The number of aromatic nitrogens is 4. The van der Waals surface area contributed by atoms with Gasteiger partial charge in [0.1, 0.15) is 11.8 Å². The third kappa shape index (κ3) is 2.35. The highest BCUT2D eigenvalue weighted by Gasteiger charge is 2.26. The molecule has 2 aromatic rings. The minimum absolute atomic E-state index is 0.720. The second-order valence-corrected chi connectivity index (χ2v) is 5.94. The van der Waals surface area contributed by atoms with E-state index in [0.717, 1.165) is 48.6 Å². The normalized spacial score (nSPS) is 23.4. The molecule has 1 atom stereocenters. The maximum Gasteiger partial charge on any atom is 0.182 e. The van der Waals surface area contributed by atoms with Crippen molar-refractivity contribution in [2.45, 2.75) is 31.7 Å². The monoisotopic (exact) mass is 272 g/mol. The highest BCUT2D eigenvalue weighted by atomic mass is 15.2. The van der Waals surface area contributed by atoms with Crippen LogP contribution < -0.4 is 10.2 Å². The summed E-state index contributed by atoms with van der Waals surface area (Å²) in [5, 5.41) is 3.65. The van der Waals surface area contributed by atoms with Crippen LogP contribution in [0, 0.1) is 5.92 Å². The number of piperidine rings is 1. The summed E-state index contributed by atoms with van der Waals surface area (Å²) in [7, 11) is 0. The van der Waals surface area contributed by atoms with Gasteiger partial charge in [-0.25, -0.2) is 15.0 Å². The molecule has 1 saturated carbocycles. The minimum atomic E-state index is 0.720. The number of nitrogens with zero attached hydrogens (tertiary/aromatic N) is 4. The van der Waals surface area contributed by atoms with Crippen molar-refractivity contribution in [2.75, 3.05) is 24.5 Å². The van der Waals surface area contributed by atoms with E-state index in [-0.39, 0.29) is 0 Å². The Morgan fingerprint density at radius 3 is 3.10 bits per heavy atom. The molecule has 6 heteroatoms. The van der Waals surface area contributed by atoms with Crippen LogP contribution in [0.15, 0.2) is 12.7 Å². The molecule has 1 aliphatic heterocycles. The third-order valence-electron chi connectivity index (χ3n) is 4.29. The van der Waals surface area contributed by atoms with E-state index in [2.05, 4.69) is 30.2 Å². The molecule has 1 saturated heterocycles. The summed E-state index contributed by atoms with van der Waals surface area (Å²) in [6.45, 7) is 3.29. The van der Waals surface area contributed by atoms with Crippen molar-refractivity contribution in [1.82, 2.24) is 25.3 Å². The fourth-order valence-electron chi connectivity index (χ4n) is 3.04. The lowest BCUT2D eigenvalue weighted by atomic mass is 9.98.